The summed E-state index contributed by atoms with van der Waals surface area (Å²) in [6.07, 6.45) is 2.69. The monoisotopic (exact) mass is 431 g/mol. The van der Waals surface area contributed by atoms with Gasteiger partial charge in [-0.05, 0) is 18.9 Å². The molecule has 3 unspecified atom stereocenters. The summed E-state index contributed by atoms with van der Waals surface area (Å²) in [5.41, 5.74) is 6.94. The highest BCUT2D eigenvalue weighted by molar-refractivity contribution is 7.42. The van der Waals surface area contributed by atoms with E-state index in [4.69, 9.17) is 24.0 Å². The first-order valence-electron chi connectivity index (χ1n) is 9.37. The van der Waals surface area contributed by atoms with Gasteiger partial charge in [-0.2, -0.15) is 4.98 Å². The maximum atomic E-state index is 11.9. The Morgan fingerprint density at radius 1 is 1.33 bits per heavy atom. The van der Waals surface area contributed by atoms with E-state index in [0.717, 1.165) is 24.2 Å². The summed E-state index contributed by atoms with van der Waals surface area (Å²) in [4.78, 5) is 22.7. The van der Waals surface area contributed by atoms with E-state index >= 15 is 0 Å². The van der Waals surface area contributed by atoms with Crippen molar-refractivity contribution in [2.24, 2.45) is 0 Å². The predicted octanol–water partition coefficient (Wildman–Crippen LogP) is 3.03. The van der Waals surface area contributed by atoms with Gasteiger partial charge in [-0.3, -0.25) is 23.4 Å². The first kappa shape index (κ1) is 20.5. The minimum absolute atomic E-state index is 0.0480. The van der Waals surface area contributed by atoms with Crippen LogP contribution in [0, 0.1) is 0 Å². The van der Waals surface area contributed by atoms with Crippen LogP contribution >= 0.6 is 8.60 Å². The summed E-state index contributed by atoms with van der Waals surface area (Å²) in [5, 5.41) is 0. The molecular weight excluding hydrogens is 409 g/mol. The van der Waals surface area contributed by atoms with Gasteiger partial charge in [0.1, 0.15) is 12.0 Å². The van der Waals surface area contributed by atoms with Crippen molar-refractivity contribution in [1.82, 2.24) is 19.5 Å². The molecule has 1 saturated heterocycles. The number of nitrogens with two attached hydrogens (primary N) is 1. The minimum Gasteiger partial charge on any atom is -0.426 e. The van der Waals surface area contributed by atoms with Crippen LogP contribution in [0.25, 0.3) is 11.2 Å². The van der Waals surface area contributed by atoms with Gasteiger partial charge < -0.3 is 15.0 Å². The molecule has 158 valence electrons. The van der Waals surface area contributed by atoms with Gasteiger partial charge in [0, 0.05) is 5.56 Å². The molecule has 2 aromatic heterocycles. The maximum Gasteiger partial charge on any atom is 0.397 e. The normalized spacial score (nSPS) is 22.7. The van der Waals surface area contributed by atoms with Gasteiger partial charge in [-0.25, -0.2) is 4.98 Å². The Labute approximate surface area is 173 Å². The first-order valence-corrected chi connectivity index (χ1v) is 10.5. The number of nitrogens with one attached hydrogen (secondary N) is 1. The Bertz CT molecular complexity index is 1090. The maximum absolute atomic E-state index is 11.9. The average molecular weight is 431 g/mol. The lowest BCUT2D eigenvalue weighted by Gasteiger charge is -2.24. The van der Waals surface area contributed by atoms with Crippen LogP contribution in [0.3, 0.4) is 0 Å². The standard InChI is InChI=1S/C17H18N5O5P.C2H4/c18-17-20-15-14(16(23)21-17)19-9-22(15)13-6-5-11(26-13)8-25-28-24-7-10-3-1-2-4-12(10)27-28;1-2/h1-4,9,11,13H,5-8H2,(H3,18,20,21,23);1-2H2. The van der Waals surface area contributed by atoms with E-state index in [2.05, 4.69) is 28.1 Å². The topological polar surface area (TPSA) is 127 Å². The Hall–Kier alpha value is -2.78. The lowest BCUT2D eigenvalue weighted by atomic mass is 10.2. The number of hydrogen-bond donors (Lipinski definition) is 2. The van der Waals surface area contributed by atoms with Gasteiger partial charge in [0.05, 0.1) is 25.6 Å². The largest absolute Gasteiger partial charge is 0.426 e. The summed E-state index contributed by atoms with van der Waals surface area (Å²) in [6, 6.07) is 7.74. The molecule has 3 N–H and O–H groups in total. The van der Waals surface area contributed by atoms with Gasteiger partial charge in [-0.15, -0.1) is 13.2 Å². The molecule has 10 nitrogen and oxygen atoms in total. The van der Waals surface area contributed by atoms with Crippen LogP contribution in [0.2, 0.25) is 0 Å². The smallest absolute Gasteiger partial charge is 0.397 e. The van der Waals surface area contributed by atoms with Crippen molar-refractivity contribution >= 4 is 25.7 Å². The molecule has 30 heavy (non-hydrogen) atoms. The van der Waals surface area contributed by atoms with E-state index in [1.165, 1.54) is 0 Å². The van der Waals surface area contributed by atoms with Crippen LogP contribution in [-0.4, -0.2) is 32.2 Å². The van der Waals surface area contributed by atoms with Crippen molar-refractivity contribution in [2.45, 2.75) is 31.8 Å². The summed E-state index contributed by atoms with van der Waals surface area (Å²) in [7, 11) is -1.44. The number of aromatic nitrogens is 4. The van der Waals surface area contributed by atoms with Crippen molar-refractivity contribution in [3.8, 4) is 5.75 Å². The third kappa shape index (κ3) is 4.08. The van der Waals surface area contributed by atoms with E-state index in [1.807, 2.05) is 24.3 Å². The highest BCUT2D eigenvalue weighted by Crippen LogP contribution is 2.47. The van der Waals surface area contributed by atoms with Crippen LogP contribution in [-0.2, 0) is 20.4 Å². The third-order valence-electron chi connectivity index (χ3n) is 4.68. The van der Waals surface area contributed by atoms with Crippen LogP contribution in [0.5, 0.6) is 5.75 Å². The van der Waals surface area contributed by atoms with Crippen molar-refractivity contribution < 1.29 is 18.3 Å². The zero-order valence-electron chi connectivity index (χ0n) is 16.2. The summed E-state index contributed by atoms with van der Waals surface area (Å²) in [6.45, 7) is 6.83. The average Bonchev–Trinajstić information content (AvgIpc) is 3.40. The Morgan fingerprint density at radius 2 is 2.17 bits per heavy atom. The molecule has 4 heterocycles. The molecule has 3 aromatic rings. The fourth-order valence-corrected chi connectivity index (χ4v) is 4.37. The fraction of sp³-hybridized carbons (Fsp3) is 0.316. The molecular formula is C19H22N5O5P. The van der Waals surface area contributed by atoms with E-state index < -0.39 is 8.60 Å². The molecule has 3 atom stereocenters. The number of H-pyrrole nitrogens is 1. The zero-order valence-corrected chi connectivity index (χ0v) is 17.1. The van der Waals surface area contributed by atoms with E-state index in [9.17, 15) is 4.79 Å². The van der Waals surface area contributed by atoms with Crippen molar-refractivity contribution in [1.29, 1.82) is 0 Å². The highest BCUT2D eigenvalue weighted by Gasteiger charge is 2.31. The quantitative estimate of drug-likeness (QED) is 0.477. The third-order valence-corrected chi connectivity index (χ3v) is 5.73. The molecule has 1 fully saturated rings. The van der Waals surface area contributed by atoms with Crippen LogP contribution < -0.4 is 15.8 Å². The van der Waals surface area contributed by atoms with Gasteiger partial charge in [-0.1, -0.05) is 18.2 Å². The molecule has 0 amide bonds. The lowest BCUT2D eigenvalue weighted by Crippen LogP contribution is -2.18. The number of ether oxygens (including phenoxy) is 1. The molecule has 11 heteroatoms. The summed E-state index contributed by atoms with van der Waals surface area (Å²) < 4.78 is 25.0. The van der Waals surface area contributed by atoms with Crippen molar-refractivity contribution in [3.05, 3.63) is 59.7 Å². The van der Waals surface area contributed by atoms with Gasteiger partial charge in [0.25, 0.3) is 5.56 Å². The predicted molar refractivity (Wildman–Crippen MR) is 112 cm³/mol. The minimum atomic E-state index is -1.44. The van der Waals surface area contributed by atoms with Crippen LogP contribution in [0.1, 0.15) is 24.6 Å². The molecule has 2 aliphatic rings. The molecule has 5 rings (SSSR count). The SMILES string of the molecule is C=C.Nc1nc2c(ncn2C2CCC(COP3OCc4ccccc4O3)O2)c(=O)[nH]1. The van der Waals surface area contributed by atoms with E-state index in [1.54, 1.807) is 10.9 Å². The number of fused-ring (bicyclic) bond motifs is 2. The van der Waals surface area contributed by atoms with E-state index in [0.29, 0.717) is 18.9 Å². The number of aromatic amines is 1. The molecule has 0 aliphatic carbocycles. The Balaban J connectivity index is 0.00000106. The van der Waals surface area contributed by atoms with Gasteiger partial charge in [0.15, 0.2) is 11.2 Å². The Kier molecular flexibility index (Phi) is 6.10. The molecule has 0 bridgehead atoms. The second-order valence-corrected chi connectivity index (χ2v) is 7.70. The molecule has 0 spiro atoms. The lowest BCUT2D eigenvalue weighted by molar-refractivity contribution is -0.0190. The number of imidazole rings is 1. The summed E-state index contributed by atoms with van der Waals surface area (Å²) >= 11 is 0. The first-order chi connectivity index (χ1) is 14.7. The number of hydrogen-bond acceptors (Lipinski definition) is 8. The van der Waals surface area contributed by atoms with Gasteiger partial charge >= 0.3 is 8.60 Å². The summed E-state index contributed by atoms with van der Waals surface area (Å²) in [5.74, 6) is 0.843. The number of para-hydroxylation sites is 1. The fourth-order valence-electron chi connectivity index (χ4n) is 3.32. The van der Waals surface area contributed by atoms with Crippen LogP contribution in [0.4, 0.5) is 5.95 Å². The molecule has 0 radical (unpaired) electrons. The molecule has 1 aromatic carbocycles. The second kappa shape index (κ2) is 8.93. The molecule has 0 saturated carbocycles. The highest BCUT2D eigenvalue weighted by atomic mass is 31.2. The zero-order chi connectivity index (χ0) is 21.1. The number of nitrogen functional groups attached to an aromatic ring is 1. The van der Waals surface area contributed by atoms with Crippen molar-refractivity contribution in [3.63, 3.8) is 0 Å². The molecule has 2 aliphatic heterocycles. The number of anilines is 1. The second-order valence-electron chi connectivity index (χ2n) is 6.56. The van der Waals surface area contributed by atoms with Gasteiger partial charge in [0.2, 0.25) is 5.95 Å². The van der Waals surface area contributed by atoms with E-state index in [-0.39, 0.29) is 29.4 Å². The number of nitrogens with zero attached hydrogens (tertiary/aromatic N) is 3. The van der Waals surface area contributed by atoms with Crippen molar-refractivity contribution in [2.75, 3.05) is 12.3 Å². The Morgan fingerprint density at radius 3 is 3.03 bits per heavy atom. The van der Waals surface area contributed by atoms with Crippen LogP contribution in [0.15, 0.2) is 48.5 Å². The number of benzene rings is 1. The number of rotatable bonds is 4.